The smallest absolute Gasteiger partial charge is 0.201 e. The van der Waals surface area contributed by atoms with Crippen molar-refractivity contribution in [2.24, 2.45) is 0 Å². The van der Waals surface area contributed by atoms with E-state index in [4.69, 9.17) is 9.97 Å². The lowest BCUT2D eigenvalue weighted by Gasteiger charge is -2.35. The monoisotopic (exact) mass is 537 g/mol. The van der Waals surface area contributed by atoms with E-state index in [1.165, 1.54) is 17.7 Å². The number of anilines is 2. The van der Waals surface area contributed by atoms with Gasteiger partial charge in [0.25, 0.3) is 0 Å². The Balaban J connectivity index is 1.61. The Bertz CT molecular complexity index is 1400. The van der Waals surface area contributed by atoms with Gasteiger partial charge in [-0.3, -0.25) is 13.6 Å². The minimum absolute atomic E-state index is 0.00368. The first-order chi connectivity index (χ1) is 17.7. The van der Waals surface area contributed by atoms with Crippen LogP contribution in [0.2, 0.25) is 0 Å². The summed E-state index contributed by atoms with van der Waals surface area (Å²) in [5.41, 5.74) is 2.48. The Morgan fingerprint density at radius 2 is 1.86 bits per heavy atom. The molecule has 5 rings (SSSR count). The summed E-state index contributed by atoms with van der Waals surface area (Å²) in [5.74, 6) is 0.829. The number of benzene rings is 1. The second-order valence-corrected chi connectivity index (χ2v) is 11.6. The highest BCUT2D eigenvalue weighted by molar-refractivity contribution is 7.96. The molecule has 0 radical (unpaired) electrons. The highest BCUT2D eigenvalue weighted by Gasteiger charge is 2.34. The summed E-state index contributed by atoms with van der Waals surface area (Å²) in [5, 5.41) is 22.6. The average molecular weight is 537 g/mol. The average Bonchev–Trinajstić information content (AvgIpc) is 3.44. The van der Waals surface area contributed by atoms with Gasteiger partial charge in [0.2, 0.25) is 5.06 Å². The molecule has 0 spiro atoms. The fourth-order valence-electron chi connectivity index (χ4n) is 4.96. The van der Waals surface area contributed by atoms with E-state index in [9.17, 15) is 14.6 Å². The van der Waals surface area contributed by atoms with E-state index < -0.39 is 5.52 Å². The summed E-state index contributed by atoms with van der Waals surface area (Å²) in [6.45, 7) is 4.15. The van der Waals surface area contributed by atoms with E-state index in [0.717, 1.165) is 54.4 Å². The Labute approximate surface area is 226 Å². The van der Waals surface area contributed by atoms with Gasteiger partial charge in [0, 0.05) is 24.8 Å². The molecule has 0 saturated carbocycles. The lowest BCUT2D eigenvalue weighted by atomic mass is 9.72. The lowest BCUT2D eigenvalue weighted by molar-refractivity contribution is 0.218. The zero-order valence-electron chi connectivity index (χ0n) is 21.5. The van der Waals surface area contributed by atoms with E-state index in [1.54, 1.807) is 44.7 Å². The number of halogens is 1. The van der Waals surface area contributed by atoms with Crippen molar-refractivity contribution in [3.63, 3.8) is 0 Å². The summed E-state index contributed by atoms with van der Waals surface area (Å²) in [6.07, 6.45) is 7.11. The molecule has 7 nitrogen and oxygen atoms in total. The third kappa shape index (κ3) is 5.12. The van der Waals surface area contributed by atoms with Crippen LogP contribution < -0.4 is 4.90 Å². The minimum atomic E-state index is -1.34. The molecule has 1 aromatic carbocycles. The Kier molecular flexibility index (Phi) is 7.28. The topological polar surface area (TPSA) is 77.1 Å². The van der Waals surface area contributed by atoms with Crippen molar-refractivity contribution in [2.45, 2.75) is 37.6 Å². The van der Waals surface area contributed by atoms with Gasteiger partial charge in [-0.15, -0.1) is 0 Å². The molecule has 4 aromatic rings. The molecule has 12 heteroatoms. The van der Waals surface area contributed by atoms with Gasteiger partial charge in [-0.1, -0.05) is 36.3 Å². The van der Waals surface area contributed by atoms with Crippen molar-refractivity contribution in [2.75, 3.05) is 24.2 Å². The Morgan fingerprint density at radius 3 is 2.49 bits per heavy atom. The fraction of sp³-hybridized carbons (Fsp3) is 0.360. The van der Waals surface area contributed by atoms with Crippen LogP contribution in [0.5, 0.6) is 5.06 Å². The van der Waals surface area contributed by atoms with E-state index >= 15 is 0 Å². The molecule has 192 valence electrons. The molecule has 0 amide bonds. The van der Waals surface area contributed by atoms with Crippen LogP contribution in [-0.2, 0) is 6.42 Å². The number of imidazole rings is 1. The molecule has 2 N–H and O–H groups in total. The first-order valence-corrected chi connectivity index (χ1v) is 14.5. The number of nitrogens with zero attached hydrogens (tertiary/aromatic N) is 5. The van der Waals surface area contributed by atoms with Gasteiger partial charge in [0.15, 0.2) is 20.8 Å². The number of aliphatic hydroxyl groups is 1. The predicted molar refractivity (Wildman–Crippen MR) is 155 cm³/mol. The lowest BCUT2D eigenvalue weighted by Crippen LogP contribution is -2.48. The van der Waals surface area contributed by atoms with Crippen LogP contribution in [0.4, 0.5) is 15.3 Å². The van der Waals surface area contributed by atoms with Crippen molar-refractivity contribution < 1.29 is 14.6 Å². The molecule has 3 aromatic heterocycles. The third-order valence-corrected chi connectivity index (χ3v) is 8.59. The highest BCUT2D eigenvalue weighted by Crippen LogP contribution is 2.43. The standard InChI is InChI=1S/C25H30B2FN5O2S2/c1-3-19-22(32-14-17(6-9-20(32)29-19)15-10-12-31(36-2)13-11-15)33(25(26,27)35)24-30-21(23(34)37-24)16-4-7-18(28)8-5-16/h4-9,14-15,34-35H,3,10-13,26-27H2,1-2H3. The third-order valence-electron chi connectivity index (χ3n) is 6.87. The molecular weight excluding hydrogens is 507 g/mol. The maximum absolute atomic E-state index is 13.5. The molecule has 0 atom stereocenters. The number of hydrogen-bond donors (Lipinski definition) is 2. The molecule has 37 heavy (non-hydrogen) atoms. The Hall–Kier alpha value is -2.53. The van der Waals surface area contributed by atoms with Crippen molar-refractivity contribution >= 4 is 55.6 Å². The van der Waals surface area contributed by atoms with Gasteiger partial charge in [-0.2, -0.15) is 0 Å². The largest absolute Gasteiger partial charge is 0.498 e. The van der Waals surface area contributed by atoms with Gasteiger partial charge in [-0.05, 0) is 67.3 Å². The number of aromatic hydroxyl groups is 1. The fourth-order valence-corrected chi connectivity index (χ4v) is 6.51. The van der Waals surface area contributed by atoms with E-state index in [2.05, 4.69) is 22.8 Å². The first-order valence-electron chi connectivity index (χ1n) is 12.5. The number of aryl methyl sites for hydroxylation is 1. The summed E-state index contributed by atoms with van der Waals surface area (Å²) in [6, 6.07) is 10.1. The summed E-state index contributed by atoms with van der Waals surface area (Å²) < 4.78 is 17.9. The molecule has 0 aliphatic carbocycles. The first kappa shape index (κ1) is 26.1. The Morgan fingerprint density at radius 1 is 1.16 bits per heavy atom. The van der Waals surface area contributed by atoms with Crippen LogP contribution in [0.3, 0.4) is 0 Å². The van der Waals surface area contributed by atoms with E-state index in [0.29, 0.717) is 28.7 Å². The van der Waals surface area contributed by atoms with Crippen molar-refractivity contribution in [1.29, 1.82) is 0 Å². The summed E-state index contributed by atoms with van der Waals surface area (Å²) in [4.78, 5) is 11.3. The van der Waals surface area contributed by atoms with Gasteiger partial charge in [-0.25, -0.2) is 14.4 Å². The number of pyridine rings is 1. The predicted octanol–water partition coefficient (Wildman–Crippen LogP) is 3.33. The molecule has 1 fully saturated rings. The second kappa shape index (κ2) is 10.3. The van der Waals surface area contributed by atoms with Gasteiger partial charge in [0.05, 0.1) is 11.2 Å². The number of piperidine rings is 1. The van der Waals surface area contributed by atoms with Crippen molar-refractivity contribution in [3.05, 3.63) is 59.7 Å². The van der Waals surface area contributed by atoms with Crippen LogP contribution in [0.1, 0.15) is 36.9 Å². The summed E-state index contributed by atoms with van der Waals surface area (Å²) in [7, 11) is 3.40. The van der Waals surface area contributed by atoms with Gasteiger partial charge in [0.1, 0.15) is 23.0 Å². The van der Waals surface area contributed by atoms with Crippen LogP contribution in [-0.4, -0.2) is 69.4 Å². The maximum Gasteiger partial charge on any atom is 0.201 e. The molecule has 1 saturated heterocycles. The molecule has 0 bridgehead atoms. The second-order valence-electron chi connectivity index (χ2n) is 9.80. The number of thiazole rings is 1. The normalized spacial score (nSPS) is 15.5. The van der Waals surface area contributed by atoms with Crippen LogP contribution in [0.15, 0.2) is 42.6 Å². The molecule has 4 heterocycles. The zero-order valence-corrected chi connectivity index (χ0v) is 23.1. The number of rotatable bonds is 7. The highest BCUT2D eigenvalue weighted by atomic mass is 32.2. The molecule has 1 aliphatic rings. The van der Waals surface area contributed by atoms with Gasteiger partial charge < -0.3 is 10.2 Å². The van der Waals surface area contributed by atoms with E-state index in [1.807, 2.05) is 17.4 Å². The summed E-state index contributed by atoms with van der Waals surface area (Å²) >= 11 is 2.88. The molecule has 1 aliphatic heterocycles. The quantitative estimate of drug-likeness (QED) is 0.213. The van der Waals surface area contributed by atoms with Gasteiger partial charge >= 0.3 is 0 Å². The van der Waals surface area contributed by atoms with Crippen LogP contribution in [0, 0.1) is 5.82 Å². The van der Waals surface area contributed by atoms with E-state index in [-0.39, 0.29) is 10.9 Å². The minimum Gasteiger partial charge on any atom is -0.498 e. The zero-order chi connectivity index (χ0) is 26.3. The number of aromatic nitrogens is 3. The molecule has 0 unspecified atom stereocenters. The maximum atomic E-state index is 13.5. The van der Waals surface area contributed by atoms with Crippen LogP contribution in [0.25, 0.3) is 16.9 Å². The van der Waals surface area contributed by atoms with Crippen LogP contribution >= 0.6 is 23.3 Å². The molecular formula is C25H30B2FN5O2S2. The van der Waals surface area contributed by atoms with Crippen molar-refractivity contribution in [3.8, 4) is 16.3 Å². The number of hydrogen-bond acceptors (Lipinski definition) is 8. The number of fused-ring (bicyclic) bond motifs is 1. The van der Waals surface area contributed by atoms with Crippen molar-refractivity contribution in [1.82, 2.24) is 18.7 Å². The SMILES string of the molecule is BC(B)(O)N(c1nc(-c2ccc(F)cc2)c(O)s1)c1c(CC)nc2ccc(C3CCN(SC)CC3)cn12.